The van der Waals surface area contributed by atoms with Gasteiger partial charge >= 0.3 is 6.03 Å². The monoisotopic (exact) mass is 322 g/mol. The van der Waals surface area contributed by atoms with Crippen molar-refractivity contribution < 1.29 is 9.21 Å². The molecule has 0 bridgehead atoms. The molecule has 1 atom stereocenters. The van der Waals surface area contributed by atoms with E-state index in [9.17, 15) is 4.79 Å². The lowest BCUT2D eigenvalue weighted by molar-refractivity contribution is 0.187. The minimum absolute atomic E-state index is 0.121. The molecule has 0 fully saturated rings. The molecule has 1 N–H and O–H groups in total. The van der Waals surface area contributed by atoms with E-state index >= 15 is 0 Å². The van der Waals surface area contributed by atoms with Crippen LogP contribution in [-0.2, 0) is 6.54 Å². The summed E-state index contributed by atoms with van der Waals surface area (Å²) in [6, 6.07) is 17.7. The number of amides is 2. The molecule has 24 heavy (non-hydrogen) atoms. The van der Waals surface area contributed by atoms with Crippen molar-refractivity contribution in [2.24, 2.45) is 0 Å². The third kappa shape index (κ3) is 3.43. The van der Waals surface area contributed by atoms with Crippen LogP contribution in [0.1, 0.15) is 29.9 Å². The number of furan rings is 1. The Hall–Kier alpha value is -2.75. The normalized spacial score (nSPS) is 12.1. The Morgan fingerprint density at radius 2 is 1.96 bits per heavy atom. The second-order valence-corrected chi connectivity index (χ2v) is 6.12. The van der Waals surface area contributed by atoms with Gasteiger partial charge < -0.3 is 14.6 Å². The van der Waals surface area contributed by atoms with Gasteiger partial charge in [-0.1, -0.05) is 48.0 Å². The zero-order valence-electron chi connectivity index (χ0n) is 14.2. The van der Waals surface area contributed by atoms with Crippen LogP contribution >= 0.6 is 0 Å². The first-order valence-corrected chi connectivity index (χ1v) is 8.09. The van der Waals surface area contributed by atoms with Gasteiger partial charge in [0.05, 0.1) is 6.04 Å². The molecule has 2 aromatic carbocycles. The molecular formula is C20H22N2O2. The van der Waals surface area contributed by atoms with E-state index in [1.54, 1.807) is 11.9 Å². The first kappa shape index (κ1) is 16.1. The molecule has 0 saturated carbocycles. The Morgan fingerprint density at radius 3 is 2.71 bits per heavy atom. The fourth-order valence-electron chi connectivity index (χ4n) is 2.70. The van der Waals surface area contributed by atoms with Crippen molar-refractivity contribution in [3.63, 3.8) is 0 Å². The van der Waals surface area contributed by atoms with Crippen LogP contribution in [0.2, 0.25) is 0 Å². The third-order valence-corrected chi connectivity index (χ3v) is 4.28. The van der Waals surface area contributed by atoms with Gasteiger partial charge in [0.1, 0.15) is 11.3 Å². The van der Waals surface area contributed by atoms with E-state index in [1.165, 1.54) is 5.56 Å². The lowest BCUT2D eigenvalue weighted by atomic mass is 10.1. The number of hydrogen-bond donors (Lipinski definition) is 1. The number of fused-ring (bicyclic) bond motifs is 1. The molecule has 0 aliphatic carbocycles. The Labute approximate surface area is 142 Å². The minimum Gasteiger partial charge on any atom is -0.459 e. The molecule has 3 rings (SSSR count). The molecular weight excluding hydrogens is 300 g/mol. The maximum Gasteiger partial charge on any atom is 0.318 e. The molecule has 3 aromatic rings. The van der Waals surface area contributed by atoms with Crippen molar-refractivity contribution in [1.82, 2.24) is 10.2 Å². The molecule has 2 amide bonds. The van der Waals surface area contributed by atoms with Gasteiger partial charge in [0.2, 0.25) is 0 Å². The molecule has 4 nitrogen and oxygen atoms in total. The molecule has 124 valence electrons. The van der Waals surface area contributed by atoms with E-state index in [4.69, 9.17) is 4.42 Å². The number of urea groups is 1. The summed E-state index contributed by atoms with van der Waals surface area (Å²) in [6.45, 7) is 4.52. The number of rotatable bonds is 4. The predicted molar refractivity (Wildman–Crippen MR) is 95.8 cm³/mol. The number of benzene rings is 2. The van der Waals surface area contributed by atoms with Gasteiger partial charge in [-0.25, -0.2) is 4.79 Å². The summed E-state index contributed by atoms with van der Waals surface area (Å²) < 4.78 is 5.86. The maximum atomic E-state index is 12.4. The van der Waals surface area contributed by atoms with Crippen molar-refractivity contribution in [1.29, 1.82) is 0 Å². The summed E-state index contributed by atoms with van der Waals surface area (Å²) in [5.41, 5.74) is 3.12. The molecule has 0 radical (unpaired) electrons. The highest BCUT2D eigenvalue weighted by Crippen LogP contribution is 2.26. The Balaban J connectivity index is 1.66. The van der Waals surface area contributed by atoms with Crippen LogP contribution in [0.15, 0.2) is 59.0 Å². The number of hydrogen-bond acceptors (Lipinski definition) is 2. The maximum absolute atomic E-state index is 12.4. The molecule has 1 aromatic heterocycles. The summed E-state index contributed by atoms with van der Waals surface area (Å²) in [7, 11) is 1.78. The van der Waals surface area contributed by atoms with E-state index in [1.807, 2.05) is 62.4 Å². The van der Waals surface area contributed by atoms with Crippen LogP contribution < -0.4 is 5.32 Å². The largest absolute Gasteiger partial charge is 0.459 e. The van der Waals surface area contributed by atoms with E-state index in [2.05, 4.69) is 11.4 Å². The molecule has 1 unspecified atom stereocenters. The van der Waals surface area contributed by atoms with Crippen molar-refractivity contribution in [2.45, 2.75) is 26.4 Å². The van der Waals surface area contributed by atoms with Crippen molar-refractivity contribution in [2.75, 3.05) is 7.05 Å². The van der Waals surface area contributed by atoms with Crippen molar-refractivity contribution in [3.05, 3.63) is 71.5 Å². The second-order valence-electron chi connectivity index (χ2n) is 6.12. The van der Waals surface area contributed by atoms with Crippen LogP contribution in [0.4, 0.5) is 4.79 Å². The zero-order valence-corrected chi connectivity index (χ0v) is 14.2. The first-order chi connectivity index (χ1) is 11.5. The number of carbonyl (C=O) groups excluding carboxylic acids is 1. The van der Waals surface area contributed by atoms with Gasteiger partial charge in [-0.05, 0) is 31.5 Å². The van der Waals surface area contributed by atoms with Crippen LogP contribution in [0.25, 0.3) is 11.0 Å². The van der Waals surface area contributed by atoms with Crippen LogP contribution in [0.3, 0.4) is 0 Å². The van der Waals surface area contributed by atoms with E-state index < -0.39 is 0 Å². The van der Waals surface area contributed by atoms with Gasteiger partial charge in [0, 0.05) is 19.0 Å². The lowest BCUT2D eigenvalue weighted by Crippen LogP contribution is -2.38. The van der Waals surface area contributed by atoms with Crippen LogP contribution in [0, 0.1) is 6.92 Å². The Morgan fingerprint density at radius 1 is 1.17 bits per heavy atom. The lowest BCUT2D eigenvalue weighted by Gasteiger charge is -2.23. The summed E-state index contributed by atoms with van der Waals surface area (Å²) in [4.78, 5) is 14.1. The Bertz CT molecular complexity index is 820. The van der Waals surface area contributed by atoms with Crippen molar-refractivity contribution >= 4 is 17.0 Å². The average molecular weight is 322 g/mol. The molecule has 4 heteroatoms. The second kappa shape index (κ2) is 6.79. The fraction of sp³-hybridized carbons (Fsp3) is 0.250. The number of carbonyl (C=O) groups is 1. The summed E-state index contributed by atoms with van der Waals surface area (Å²) in [6.07, 6.45) is 0. The fourth-order valence-corrected chi connectivity index (χ4v) is 2.70. The number of nitrogens with zero attached hydrogens (tertiary/aromatic N) is 1. The number of nitrogens with one attached hydrogen (secondary N) is 1. The van der Waals surface area contributed by atoms with E-state index in [0.717, 1.165) is 22.3 Å². The van der Waals surface area contributed by atoms with Gasteiger partial charge in [-0.2, -0.15) is 0 Å². The van der Waals surface area contributed by atoms with Gasteiger partial charge in [0.15, 0.2) is 0 Å². The molecule has 0 spiro atoms. The van der Waals surface area contributed by atoms with E-state index in [0.29, 0.717) is 6.54 Å². The average Bonchev–Trinajstić information content (AvgIpc) is 3.02. The molecule has 0 aliphatic rings. The quantitative estimate of drug-likeness (QED) is 0.760. The summed E-state index contributed by atoms with van der Waals surface area (Å²) in [5, 5.41) is 4.00. The topological polar surface area (TPSA) is 45.5 Å². The minimum atomic E-state index is -0.144. The SMILES string of the molecule is Cc1cccc(CNC(=O)N(C)C(C)c2cc3ccccc3o2)c1. The molecule has 0 aliphatic heterocycles. The Kier molecular flexibility index (Phi) is 4.56. The van der Waals surface area contributed by atoms with Gasteiger partial charge in [-0.15, -0.1) is 0 Å². The van der Waals surface area contributed by atoms with Crippen LogP contribution in [0.5, 0.6) is 0 Å². The highest BCUT2D eigenvalue weighted by molar-refractivity contribution is 5.78. The standard InChI is InChI=1S/C20H22N2O2/c1-14-7-6-8-16(11-14)13-21-20(23)22(3)15(2)19-12-17-9-4-5-10-18(17)24-19/h4-12,15H,13H2,1-3H3,(H,21,23). The number of para-hydroxylation sites is 1. The highest BCUT2D eigenvalue weighted by Gasteiger charge is 2.20. The first-order valence-electron chi connectivity index (χ1n) is 8.09. The van der Waals surface area contributed by atoms with E-state index in [-0.39, 0.29) is 12.1 Å². The predicted octanol–water partition coefficient (Wildman–Crippen LogP) is 4.64. The smallest absolute Gasteiger partial charge is 0.318 e. The van der Waals surface area contributed by atoms with Crippen molar-refractivity contribution in [3.8, 4) is 0 Å². The molecule has 1 heterocycles. The van der Waals surface area contributed by atoms with Gasteiger partial charge in [-0.3, -0.25) is 0 Å². The van der Waals surface area contributed by atoms with Crippen LogP contribution in [-0.4, -0.2) is 18.0 Å². The summed E-state index contributed by atoms with van der Waals surface area (Å²) in [5.74, 6) is 0.782. The van der Waals surface area contributed by atoms with Gasteiger partial charge in [0.25, 0.3) is 0 Å². The number of aryl methyl sites for hydroxylation is 1. The zero-order chi connectivity index (χ0) is 17.1. The third-order valence-electron chi connectivity index (χ3n) is 4.28. The molecule has 0 saturated heterocycles. The summed E-state index contributed by atoms with van der Waals surface area (Å²) >= 11 is 0. The highest BCUT2D eigenvalue weighted by atomic mass is 16.3.